The van der Waals surface area contributed by atoms with Gasteiger partial charge >= 0.3 is 5.97 Å². The Morgan fingerprint density at radius 3 is 2.42 bits per heavy atom. The molecule has 2 aromatic rings. The third-order valence-corrected chi connectivity index (χ3v) is 4.21. The Morgan fingerprint density at radius 1 is 1.12 bits per heavy atom. The number of benzene rings is 1. The third-order valence-electron chi connectivity index (χ3n) is 4.21. The van der Waals surface area contributed by atoms with E-state index in [1.54, 1.807) is 7.11 Å². The minimum Gasteiger partial charge on any atom is -0.496 e. The molecule has 0 saturated carbocycles. The van der Waals surface area contributed by atoms with Crippen LogP contribution in [0.5, 0.6) is 5.75 Å². The van der Waals surface area contributed by atoms with Crippen molar-refractivity contribution in [2.45, 2.75) is 27.2 Å². The first-order chi connectivity index (χ1) is 11.3. The largest absolute Gasteiger partial charge is 0.496 e. The average Bonchev–Trinajstić information content (AvgIpc) is 2.80. The monoisotopic (exact) mass is 329 g/mol. The van der Waals surface area contributed by atoms with Crippen molar-refractivity contribution in [2.75, 3.05) is 13.7 Å². The highest BCUT2D eigenvalue weighted by Crippen LogP contribution is 2.20. The van der Waals surface area contributed by atoms with Crippen molar-refractivity contribution in [3.8, 4) is 5.75 Å². The number of ketones is 1. The summed E-state index contributed by atoms with van der Waals surface area (Å²) in [7, 11) is 3.46. The number of methoxy groups -OCH3 is 1. The van der Waals surface area contributed by atoms with Crippen molar-refractivity contribution < 1.29 is 19.1 Å². The number of carbonyl (C=O) groups excluding carboxylic acids is 2. The van der Waals surface area contributed by atoms with Crippen LogP contribution in [0, 0.1) is 20.8 Å². The first-order valence-electron chi connectivity index (χ1n) is 7.78. The molecule has 0 amide bonds. The van der Waals surface area contributed by atoms with Crippen LogP contribution >= 0.6 is 0 Å². The van der Waals surface area contributed by atoms with Crippen LogP contribution in [0.1, 0.15) is 32.9 Å². The molecule has 5 heteroatoms. The van der Waals surface area contributed by atoms with Crippen molar-refractivity contribution >= 4 is 11.8 Å². The van der Waals surface area contributed by atoms with E-state index in [0.29, 0.717) is 11.3 Å². The molecule has 0 spiro atoms. The molecule has 0 unspecified atom stereocenters. The van der Waals surface area contributed by atoms with Crippen molar-refractivity contribution in [2.24, 2.45) is 7.05 Å². The van der Waals surface area contributed by atoms with E-state index in [9.17, 15) is 9.59 Å². The molecule has 0 aliphatic rings. The molecule has 128 valence electrons. The first kappa shape index (κ1) is 17.8. The lowest BCUT2D eigenvalue weighted by Gasteiger charge is -2.09. The van der Waals surface area contributed by atoms with Gasteiger partial charge in [-0.05, 0) is 32.9 Å². The number of nitrogens with zero attached hydrogens (tertiary/aromatic N) is 1. The van der Waals surface area contributed by atoms with Crippen molar-refractivity contribution in [3.05, 3.63) is 52.3 Å². The van der Waals surface area contributed by atoms with Crippen LogP contribution in [-0.4, -0.2) is 30.0 Å². The van der Waals surface area contributed by atoms with Gasteiger partial charge in [-0.1, -0.05) is 17.7 Å². The summed E-state index contributed by atoms with van der Waals surface area (Å²) in [5, 5.41) is 0. The van der Waals surface area contributed by atoms with Crippen LogP contribution in [-0.2, 0) is 23.0 Å². The van der Waals surface area contributed by atoms with Gasteiger partial charge < -0.3 is 14.0 Å². The van der Waals surface area contributed by atoms with Crippen LogP contribution in [0.3, 0.4) is 0 Å². The number of ether oxygens (including phenoxy) is 2. The summed E-state index contributed by atoms with van der Waals surface area (Å²) in [6.45, 7) is 5.50. The minimum atomic E-state index is -0.447. The summed E-state index contributed by atoms with van der Waals surface area (Å²) in [5.74, 6) is -0.00304. The molecule has 0 aliphatic carbocycles. The normalized spacial score (nSPS) is 10.5. The average molecular weight is 329 g/mol. The Labute approximate surface area is 142 Å². The molecule has 0 saturated heterocycles. The van der Waals surface area contributed by atoms with Crippen LogP contribution in [0.4, 0.5) is 0 Å². The smallest absolute Gasteiger partial charge is 0.310 e. The molecule has 1 heterocycles. The SMILES string of the molecule is COc1ccc(C)cc1CC(=O)OCC(=O)c1cc(C)n(C)c1C. The fraction of sp³-hybridized carbons (Fsp3) is 0.368. The van der Waals surface area contributed by atoms with E-state index in [1.165, 1.54) is 0 Å². The molecular formula is C19H23NO4. The summed E-state index contributed by atoms with van der Waals surface area (Å²) in [5.41, 5.74) is 4.24. The summed E-state index contributed by atoms with van der Waals surface area (Å²) >= 11 is 0. The zero-order valence-electron chi connectivity index (χ0n) is 14.8. The molecular weight excluding hydrogens is 306 g/mol. The molecule has 0 bridgehead atoms. The second kappa shape index (κ2) is 7.34. The van der Waals surface area contributed by atoms with Gasteiger partial charge in [-0.3, -0.25) is 9.59 Å². The molecule has 0 fully saturated rings. The van der Waals surface area contributed by atoms with E-state index in [2.05, 4.69) is 0 Å². The molecule has 2 rings (SSSR count). The van der Waals surface area contributed by atoms with E-state index < -0.39 is 5.97 Å². The van der Waals surface area contributed by atoms with E-state index in [1.807, 2.05) is 56.7 Å². The van der Waals surface area contributed by atoms with E-state index in [4.69, 9.17) is 9.47 Å². The maximum Gasteiger partial charge on any atom is 0.310 e. The van der Waals surface area contributed by atoms with Crippen molar-refractivity contribution in [1.29, 1.82) is 0 Å². The minimum absolute atomic E-state index is 0.0743. The van der Waals surface area contributed by atoms with Gasteiger partial charge in [0.1, 0.15) is 5.75 Å². The fourth-order valence-corrected chi connectivity index (χ4v) is 2.61. The van der Waals surface area contributed by atoms with Gasteiger partial charge in [-0.25, -0.2) is 0 Å². The lowest BCUT2D eigenvalue weighted by molar-refractivity contribution is -0.141. The molecule has 24 heavy (non-hydrogen) atoms. The van der Waals surface area contributed by atoms with Gasteiger partial charge in [0.15, 0.2) is 6.61 Å². The van der Waals surface area contributed by atoms with E-state index in [0.717, 1.165) is 22.5 Å². The number of hydrogen-bond donors (Lipinski definition) is 0. The van der Waals surface area contributed by atoms with E-state index in [-0.39, 0.29) is 18.8 Å². The maximum atomic E-state index is 12.2. The molecule has 1 aromatic heterocycles. The molecule has 0 N–H and O–H groups in total. The van der Waals surface area contributed by atoms with Gasteiger partial charge in [0.25, 0.3) is 0 Å². The number of hydrogen-bond acceptors (Lipinski definition) is 4. The number of rotatable bonds is 6. The fourth-order valence-electron chi connectivity index (χ4n) is 2.61. The topological polar surface area (TPSA) is 57.5 Å². The standard InChI is InChI=1S/C19H23NO4/c1-12-6-7-18(23-5)15(8-12)10-19(22)24-11-17(21)16-9-13(2)20(4)14(16)3/h6-9H,10-11H2,1-5H3. The molecule has 0 atom stereocenters. The molecule has 5 nitrogen and oxygen atoms in total. The lowest BCUT2D eigenvalue weighted by atomic mass is 10.1. The predicted molar refractivity (Wildman–Crippen MR) is 91.6 cm³/mol. The zero-order valence-corrected chi connectivity index (χ0v) is 14.8. The lowest BCUT2D eigenvalue weighted by Crippen LogP contribution is -2.16. The highest BCUT2D eigenvalue weighted by Gasteiger charge is 2.17. The quantitative estimate of drug-likeness (QED) is 0.604. The van der Waals surface area contributed by atoms with Gasteiger partial charge in [-0.15, -0.1) is 0 Å². The van der Waals surface area contributed by atoms with Gasteiger partial charge in [0.05, 0.1) is 13.5 Å². The number of aryl methyl sites for hydroxylation is 2. The van der Waals surface area contributed by atoms with Crippen molar-refractivity contribution in [3.63, 3.8) is 0 Å². The number of Topliss-reactive ketones (excluding diaryl/α,β-unsaturated/α-hetero) is 1. The second-order valence-corrected chi connectivity index (χ2v) is 5.92. The Kier molecular flexibility index (Phi) is 5.44. The maximum absolute atomic E-state index is 12.2. The second-order valence-electron chi connectivity index (χ2n) is 5.92. The highest BCUT2D eigenvalue weighted by molar-refractivity contribution is 5.99. The number of carbonyl (C=O) groups is 2. The Bertz CT molecular complexity index is 774. The third kappa shape index (κ3) is 3.85. The van der Waals surface area contributed by atoms with Crippen LogP contribution in [0.2, 0.25) is 0 Å². The summed E-state index contributed by atoms with van der Waals surface area (Å²) < 4.78 is 12.3. The highest BCUT2D eigenvalue weighted by atomic mass is 16.5. The number of esters is 1. The summed E-state index contributed by atoms with van der Waals surface area (Å²) in [4.78, 5) is 24.3. The summed E-state index contributed by atoms with van der Waals surface area (Å²) in [6.07, 6.45) is 0.0743. The summed E-state index contributed by atoms with van der Waals surface area (Å²) in [6, 6.07) is 7.43. The number of aromatic nitrogens is 1. The Morgan fingerprint density at radius 2 is 1.83 bits per heavy atom. The van der Waals surface area contributed by atoms with Crippen LogP contribution in [0.15, 0.2) is 24.3 Å². The van der Waals surface area contributed by atoms with Gasteiger partial charge in [-0.2, -0.15) is 0 Å². The predicted octanol–water partition coefficient (Wildman–Crippen LogP) is 2.93. The Hall–Kier alpha value is -2.56. The molecule has 0 radical (unpaired) electrons. The zero-order chi connectivity index (χ0) is 17.9. The van der Waals surface area contributed by atoms with Crippen molar-refractivity contribution in [1.82, 2.24) is 4.57 Å². The van der Waals surface area contributed by atoms with E-state index >= 15 is 0 Å². The van der Waals surface area contributed by atoms with Crippen LogP contribution in [0.25, 0.3) is 0 Å². The van der Waals surface area contributed by atoms with Gasteiger partial charge in [0, 0.05) is 29.6 Å². The molecule has 0 aliphatic heterocycles. The van der Waals surface area contributed by atoms with Gasteiger partial charge in [0.2, 0.25) is 5.78 Å². The molecule has 1 aromatic carbocycles. The van der Waals surface area contributed by atoms with Crippen LogP contribution < -0.4 is 4.74 Å². The Balaban J connectivity index is 1.99. The first-order valence-corrected chi connectivity index (χ1v) is 7.78.